The number of nitrogens with one attached hydrogen (secondary N) is 2. The highest BCUT2D eigenvalue weighted by Crippen LogP contribution is 2.23. The van der Waals surface area contributed by atoms with E-state index in [1.807, 2.05) is 12.1 Å². The highest BCUT2D eigenvalue weighted by molar-refractivity contribution is 7.89. The van der Waals surface area contributed by atoms with Crippen molar-refractivity contribution in [3.8, 4) is 5.75 Å². The number of para-hydroxylation sites is 1. The molecule has 3 rings (SSSR count). The highest BCUT2D eigenvalue weighted by atomic mass is 32.2. The van der Waals surface area contributed by atoms with E-state index in [9.17, 15) is 13.2 Å². The van der Waals surface area contributed by atoms with Crippen LogP contribution in [0, 0.1) is 6.92 Å². The van der Waals surface area contributed by atoms with Crippen molar-refractivity contribution < 1.29 is 22.5 Å². The van der Waals surface area contributed by atoms with Gasteiger partial charge < -0.3 is 14.6 Å². The van der Waals surface area contributed by atoms with Gasteiger partial charge in [0.2, 0.25) is 15.9 Å². The highest BCUT2D eigenvalue weighted by Gasteiger charge is 2.15. The molecule has 1 aromatic heterocycles. The molecule has 0 aliphatic carbocycles. The second-order valence-corrected chi connectivity index (χ2v) is 8.71. The summed E-state index contributed by atoms with van der Waals surface area (Å²) in [5.41, 5.74) is 2.60. The maximum atomic E-state index is 12.6. The number of aromatic nitrogens is 1. The van der Waals surface area contributed by atoms with Gasteiger partial charge in [-0.25, -0.2) is 13.1 Å². The van der Waals surface area contributed by atoms with Crippen LogP contribution in [-0.2, 0) is 21.4 Å². The van der Waals surface area contributed by atoms with E-state index < -0.39 is 10.0 Å². The minimum Gasteiger partial charge on any atom is -0.496 e. The Kier molecular flexibility index (Phi) is 7.45. The third kappa shape index (κ3) is 5.63. The normalized spacial score (nSPS) is 11.6. The summed E-state index contributed by atoms with van der Waals surface area (Å²) >= 11 is 0. The van der Waals surface area contributed by atoms with Crippen molar-refractivity contribution in [1.82, 2.24) is 9.88 Å². The number of ether oxygens (including phenoxy) is 1. The minimum atomic E-state index is -3.69. The van der Waals surface area contributed by atoms with E-state index in [4.69, 9.17) is 9.26 Å². The fourth-order valence-corrected chi connectivity index (χ4v) is 3.92. The lowest BCUT2D eigenvalue weighted by Gasteiger charge is -2.10. The van der Waals surface area contributed by atoms with Gasteiger partial charge in [-0.15, -0.1) is 0 Å². The van der Waals surface area contributed by atoms with Gasteiger partial charge >= 0.3 is 0 Å². The SMILES string of the molecule is CCC(=O)Nc1c(C)noc1C=Cc1ccc(S(=O)(=O)NCc2ccccc2OC)cc1. The monoisotopic (exact) mass is 455 g/mol. The van der Waals surface area contributed by atoms with Crippen LogP contribution in [0.5, 0.6) is 5.75 Å². The Labute approximate surface area is 187 Å². The maximum Gasteiger partial charge on any atom is 0.240 e. The summed E-state index contributed by atoms with van der Waals surface area (Å²) in [6.45, 7) is 3.61. The smallest absolute Gasteiger partial charge is 0.240 e. The van der Waals surface area contributed by atoms with Crippen LogP contribution in [0.3, 0.4) is 0 Å². The summed E-state index contributed by atoms with van der Waals surface area (Å²) in [5, 5.41) is 6.65. The zero-order valence-corrected chi connectivity index (χ0v) is 18.9. The van der Waals surface area contributed by atoms with Gasteiger partial charge in [-0.3, -0.25) is 4.79 Å². The van der Waals surface area contributed by atoms with Crippen molar-refractivity contribution >= 4 is 33.8 Å². The summed E-state index contributed by atoms with van der Waals surface area (Å²) in [7, 11) is -2.15. The van der Waals surface area contributed by atoms with Crippen LogP contribution in [0.25, 0.3) is 12.2 Å². The zero-order chi connectivity index (χ0) is 23.1. The zero-order valence-electron chi connectivity index (χ0n) is 18.1. The molecule has 3 aromatic rings. The molecule has 1 amide bonds. The van der Waals surface area contributed by atoms with Gasteiger partial charge in [0.1, 0.15) is 17.1 Å². The molecule has 9 heteroatoms. The lowest BCUT2D eigenvalue weighted by molar-refractivity contribution is -0.115. The van der Waals surface area contributed by atoms with Crippen molar-refractivity contribution in [3.63, 3.8) is 0 Å². The molecule has 0 saturated carbocycles. The Balaban J connectivity index is 1.70. The summed E-state index contributed by atoms with van der Waals surface area (Å²) < 4.78 is 38.4. The number of carbonyl (C=O) groups excluding carboxylic acids is 1. The number of nitrogens with zero attached hydrogens (tertiary/aromatic N) is 1. The van der Waals surface area contributed by atoms with E-state index in [0.717, 1.165) is 11.1 Å². The molecule has 168 valence electrons. The first-order valence-electron chi connectivity index (χ1n) is 10.00. The third-order valence-electron chi connectivity index (χ3n) is 4.74. The van der Waals surface area contributed by atoms with Crippen molar-refractivity contribution in [2.24, 2.45) is 0 Å². The van der Waals surface area contributed by atoms with Crippen molar-refractivity contribution in [2.75, 3.05) is 12.4 Å². The molecule has 0 saturated heterocycles. The predicted molar refractivity (Wildman–Crippen MR) is 123 cm³/mol. The first-order chi connectivity index (χ1) is 15.3. The van der Waals surface area contributed by atoms with Gasteiger partial charge in [-0.2, -0.15) is 0 Å². The van der Waals surface area contributed by atoms with Gasteiger partial charge in [-0.1, -0.05) is 48.5 Å². The molecule has 0 atom stereocenters. The Morgan fingerprint density at radius 1 is 1.12 bits per heavy atom. The lowest BCUT2D eigenvalue weighted by atomic mass is 10.2. The molecule has 0 radical (unpaired) electrons. The van der Waals surface area contributed by atoms with Crippen molar-refractivity contribution in [1.29, 1.82) is 0 Å². The number of carbonyl (C=O) groups is 1. The number of rotatable bonds is 9. The molecule has 2 N–H and O–H groups in total. The standard InChI is InChI=1S/C23H25N3O5S/c1-4-22(27)25-23-16(2)26-31-21(23)14-11-17-9-12-19(13-10-17)32(28,29)24-15-18-7-5-6-8-20(18)30-3/h5-14,24H,4,15H2,1-3H3,(H,25,27). The molecule has 1 heterocycles. The minimum absolute atomic E-state index is 0.116. The molecule has 0 aliphatic heterocycles. The van der Waals surface area contributed by atoms with Gasteiger partial charge in [0.05, 0.1) is 12.0 Å². The Morgan fingerprint density at radius 2 is 1.84 bits per heavy atom. The largest absolute Gasteiger partial charge is 0.496 e. The number of hydrogen-bond acceptors (Lipinski definition) is 6. The maximum absolute atomic E-state index is 12.6. The van der Waals surface area contributed by atoms with E-state index in [-0.39, 0.29) is 17.3 Å². The van der Waals surface area contributed by atoms with E-state index in [1.54, 1.807) is 57.4 Å². The van der Waals surface area contributed by atoms with Gasteiger partial charge in [0.25, 0.3) is 0 Å². The van der Waals surface area contributed by atoms with E-state index in [0.29, 0.717) is 29.3 Å². The Bertz CT molecular complexity index is 1210. The fraction of sp³-hybridized carbons (Fsp3) is 0.217. The second-order valence-electron chi connectivity index (χ2n) is 6.95. The van der Waals surface area contributed by atoms with Crippen LogP contribution in [0.1, 0.15) is 35.9 Å². The molecule has 8 nitrogen and oxygen atoms in total. The van der Waals surface area contributed by atoms with Crippen LogP contribution >= 0.6 is 0 Å². The first-order valence-corrected chi connectivity index (χ1v) is 11.5. The molecule has 2 aromatic carbocycles. The molecule has 0 fully saturated rings. The Hall–Kier alpha value is -3.43. The fourth-order valence-electron chi connectivity index (χ4n) is 2.92. The topological polar surface area (TPSA) is 111 Å². The number of anilines is 1. The lowest BCUT2D eigenvalue weighted by Crippen LogP contribution is -2.23. The van der Waals surface area contributed by atoms with Crippen LogP contribution < -0.4 is 14.8 Å². The number of sulfonamides is 1. The average molecular weight is 456 g/mol. The van der Waals surface area contributed by atoms with Crippen LogP contribution in [0.15, 0.2) is 57.9 Å². The number of benzene rings is 2. The first kappa shape index (κ1) is 23.2. The number of aryl methyl sites for hydroxylation is 1. The van der Waals surface area contributed by atoms with E-state index in [1.165, 1.54) is 12.1 Å². The predicted octanol–water partition coefficient (Wildman–Crippen LogP) is 3.99. The molecule has 32 heavy (non-hydrogen) atoms. The molecule has 0 aliphatic rings. The van der Waals surface area contributed by atoms with E-state index >= 15 is 0 Å². The summed E-state index contributed by atoms with van der Waals surface area (Å²) in [5.74, 6) is 0.897. The van der Waals surface area contributed by atoms with Crippen molar-refractivity contribution in [3.05, 3.63) is 71.1 Å². The van der Waals surface area contributed by atoms with Gasteiger partial charge in [0, 0.05) is 18.5 Å². The molecular formula is C23H25N3O5S. The average Bonchev–Trinajstić information content (AvgIpc) is 3.15. The van der Waals surface area contributed by atoms with Gasteiger partial charge in [0.15, 0.2) is 5.76 Å². The number of amides is 1. The molecule has 0 bridgehead atoms. The van der Waals surface area contributed by atoms with Gasteiger partial charge in [-0.05, 0) is 36.8 Å². The molecular weight excluding hydrogens is 430 g/mol. The second kappa shape index (κ2) is 10.3. The summed E-state index contributed by atoms with van der Waals surface area (Å²) in [4.78, 5) is 11.8. The number of methoxy groups -OCH3 is 1. The summed E-state index contributed by atoms with van der Waals surface area (Å²) in [6, 6.07) is 13.6. The number of hydrogen-bond donors (Lipinski definition) is 2. The Morgan fingerprint density at radius 3 is 2.53 bits per heavy atom. The third-order valence-corrected chi connectivity index (χ3v) is 6.15. The van der Waals surface area contributed by atoms with Crippen molar-refractivity contribution in [2.45, 2.75) is 31.7 Å². The van der Waals surface area contributed by atoms with Crippen LogP contribution in [-0.4, -0.2) is 26.6 Å². The molecule has 0 unspecified atom stereocenters. The van der Waals surface area contributed by atoms with E-state index in [2.05, 4.69) is 15.2 Å². The van der Waals surface area contributed by atoms with Crippen LogP contribution in [0.4, 0.5) is 5.69 Å². The van der Waals surface area contributed by atoms with Crippen LogP contribution in [0.2, 0.25) is 0 Å². The quantitative estimate of drug-likeness (QED) is 0.505. The summed E-state index contributed by atoms with van der Waals surface area (Å²) in [6.07, 6.45) is 3.77. The molecule has 0 spiro atoms.